The predicted octanol–water partition coefficient (Wildman–Crippen LogP) is 3.69. The first-order chi connectivity index (χ1) is 13.4. The highest BCUT2D eigenvalue weighted by Gasteiger charge is 2.36. The highest BCUT2D eigenvalue weighted by molar-refractivity contribution is 8.01. The molecule has 2 aromatic carbocycles. The van der Waals surface area contributed by atoms with Crippen LogP contribution in [-0.4, -0.2) is 36.3 Å². The third-order valence-corrected chi connectivity index (χ3v) is 8.34. The van der Waals surface area contributed by atoms with Crippen molar-refractivity contribution in [1.82, 2.24) is 3.97 Å². The molecule has 0 amide bonds. The first-order valence-electron chi connectivity index (χ1n) is 8.77. The number of carboxylic acids is 1. The lowest BCUT2D eigenvalue weighted by Crippen LogP contribution is -2.20. The molecule has 1 atom stereocenters. The lowest BCUT2D eigenvalue weighted by Gasteiger charge is -2.14. The number of carbonyl (C=O) groups is 1. The van der Waals surface area contributed by atoms with E-state index in [1.165, 1.54) is 15.7 Å². The molecule has 0 radical (unpaired) electrons. The Labute approximate surface area is 167 Å². The molecule has 0 aliphatic carbocycles. The van der Waals surface area contributed by atoms with Gasteiger partial charge in [0.15, 0.2) is 0 Å². The van der Waals surface area contributed by atoms with E-state index in [4.69, 9.17) is 9.84 Å². The second kappa shape index (κ2) is 7.18. The number of ether oxygens (including phenoxy) is 1. The fraction of sp³-hybridized carbons (Fsp3) is 0.250. The minimum atomic E-state index is -3.71. The van der Waals surface area contributed by atoms with E-state index in [0.717, 1.165) is 10.5 Å². The highest BCUT2D eigenvalue weighted by Crippen LogP contribution is 2.44. The number of benzene rings is 2. The van der Waals surface area contributed by atoms with Gasteiger partial charge >= 0.3 is 5.97 Å². The lowest BCUT2D eigenvalue weighted by atomic mass is 10.1. The zero-order valence-electron chi connectivity index (χ0n) is 15.2. The molecule has 6 nitrogen and oxygen atoms in total. The van der Waals surface area contributed by atoms with E-state index in [2.05, 4.69) is 0 Å². The van der Waals surface area contributed by atoms with Crippen molar-refractivity contribution in [2.45, 2.75) is 23.0 Å². The number of hydrogen-bond donors (Lipinski definition) is 1. The molecule has 0 saturated carbocycles. The largest absolute Gasteiger partial charge is 0.497 e. The molecule has 3 aromatic rings. The van der Waals surface area contributed by atoms with Gasteiger partial charge in [-0.15, -0.1) is 11.8 Å². The number of fused-ring (bicyclic) bond motifs is 2. The highest BCUT2D eigenvalue weighted by atomic mass is 32.2. The van der Waals surface area contributed by atoms with Crippen molar-refractivity contribution in [2.75, 3.05) is 12.9 Å². The monoisotopic (exact) mass is 417 g/mol. The summed E-state index contributed by atoms with van der Waals surface area (Å²) in [6, 6.07) is 12.7. The van der Waals surface area contributed by atoms with Crippen molar-refractivity contribution in [3.8, 4) is 5.75 Å². The van der Waals surface area contributed by atoms with Crippen molar-refractivity contribution in [3.05, 3.63) is 59.8 Å². The molecule has 1 aromatic heterocycles. The average Bonchev–Trinajstić information content (AvgIpc) is 3.28. The van der Waals surface area contributed by atoms with Crippen LogP contribution in [-0.2, 0) is 21.2 Å². The minimum absolute atomic E-state index is 0.0709. The van der Waals surface area contributed by atoms with Crippen LogP contribution in [0.3, 0.4) is 0 Å². The molecule has 0 spiro atoms. The van der Waals surface area contributed by atoms with E-state index in [1.54, 1.807) is 31.5 Å². The van der Waals surface area contributed by atoms with E-state index in [9.17, 15) is 13.2 Å². The summed E-state index contributed by atoms with van der Waals surface area (Å²) in [6.45, 7) is 0. The van der Waals surface area contributed by atoms with E-state index in [-0.39, 0.29) is 12.8 Å². The Morgan fingerprint density at radius 2 is 2.07 bits per heavy atom. The Balaban J connectivity index is 1.85. The summed E-state index contributed by atoms with van der Waals surface area (Å²) in [7, 11) is -2.17. The number of aliphatic carboxylic acids is 1. The maximum Gasteiger partial charge on any atom is 0.303 e. The molecule has 1 N–H and O–H groups in total. The van der Waals surface area contributed by atoms with Gasteiger partial charge in [0.1, 0.15) is 11.0 Å². The molecule has 8 heteroatoms. The second-order valence-electron chi connectivity index (χ2n) is 6.61. The summed E-state index contributed by atoms with van der Waals surface area (Å²) in [4.78, 5) is 12.0. The zero-order valence-corrected chi connectivity index (χ0v) is 16.8. The second-order valence-corrected chi connectivity index (χ2v) is 9.66. The van der Waals surface area contributed by atoms with Crippen LogP contribution in [0.15, 0.2) is 53.6 Å². The van der Waals surface area contributed by atoms with Gasteiger partial charge < -0.3 is 9.84 Å². The van der Waals surface area contributed by atoms with Crippen molar-refractivity contribution in [1.29, 1.82) is 0 Å². The Bertz CT molecular complexity index is 1170. The van der Waals surface area contributed by atoms with Crippen LogP contribution in [0.2, 0.25) is 0 Å². The number of rotatable bonds is 6. The summed E-state index contributed by atoms with van der Waals surface area (Å²) in [5.74, 6) is 0.135. The van der Waals surface area contributed by atoms with Gasteiger partial charge in [0.25, 0.3) is 0 Å². The zero-order chi connectivity index (χ0) is 19.9. The third-order valence-electron chi connectivity index (χ3n) is 4.96. The van der Waals surface area contributed by atoms with E-state index < -0.39 is 21.2 Å². The van der Waals surface area contributed by atoms with Crippen LogP contribution in [0, 0.1) is 0 Å². The first kappa shape index (κ1) is 18.9. The standard InChI is InChI=1S/C20H19NO5S2/c1-26-14-7-8-17-16(10-14)13(6-9-20(22)23)11-21(17)28(24,25)19-12-27-18-5-3-2-4-15(18)19/h2-5,7-8,10-11,19H,6,9,12H2,1H3,(H,22,23). The van der Waals surface area contributed by atoms with Crippen LogP contribution in [0.5, 0.6) is 5.75 Å². The topological polar surface area (TPSA) is 85.6 Å². The smallest absolute Gasteiger partial charge is 0.303 e. The van der Waals surface area contributed by atoms with Crippen molar-refractivity contribution < 1.29 is 23.1 Å². The van der Waals surface area contributed by atoms with Crippen LogP contribution >= 0.6 is 11.8 Å². The van der Waals surface area contributed by atoms with Gasteiger partial charge in [-0.25, -0.2) is 12.4 Å². The van der Waals surface area contributed by atoms with Crippen LogP contribution in [0.25, 0.3) is 10.9 Å². The maximum atomic E-state index is 13.5. The number of nitrogens with zero attached hydrogens (tertiary/aromatic N) is 1. The Morgan fingerprint density at radius 3 is 2.82 bits per heavy atom. The third kappa shape index (κ3) is 3.16. The quantitative estimate of drug-likeness (QED) is 0.658. The Kier molecular flexibility index (Phi) is 4.84. The molecule has 0 fully saturated rings. The van der Waals surface area contributed by atoms with Gasteiger partial charge in [0.2, 0.25) is 10.0 Å². The molecule has 28 heavy (non-hydrogen) atoms. The number of aromatic nitrogens is 1. The number of aryl methyl sites for hydroxylation is 1. The molecule has 1 aliphatic heterocycles. The van der Waals surface area contributed by atoms with E-state index in [1.807, 2.05) is 24.3 Å². The van der Waals surface area contributed by atoms with Crippen LogP contribution in [0.1, 0.15) is 22.8 Å². The molecule has 0 saturated heterocycles. The number of carboxylic acid groups (broad SMARTS) is 1. The number of methoxy groups -OCH3 is 1. The van der Waals surface area contributed by atoms with Gasteiger partial charge in [-0.05, 0) is 41.8 Å². The molecular weight excluding hydrogens is 398 g/mol. The molecule has 4 rings (SSSR count). The summed E-state index contributed by atoms with van der Waals surface area (Å²) >= 11 is 1.54. The Morgan fingerprint density at radius 1 is 1.29 bits per heavy atom. The van der Waals surface area contributed by atoms with Crippen molar-refractivity contribution in [3.63, 3.8) is 0 Å². The van der Waals surface area contributed by atoms with Crippen molar-refractivity contribution in [2.24, 2.45) is 0 Å². The number of thioether (sulfide) groups is 1. The minimum Gasteiger partial charge on any atom is -0.497 e. The summed E-state index contributed by atoms with van der Waals surface area (Å²) in [5, 5.41) is 9.10. The van der Waals surface area contributed by atoms with Gasteiger partial charge in [0, 0.05) is 28.7 Å². The fourth-order valence-electron chi connectivity index (χ4n) is 3.54. The molecule has 146 valence electrons. The van der Waals surface area contributed by atoms with E-state index >= 15 is 0 Å². The molecule has 1 aliphatic rings. The van der Waals surface area contributed by atoms with E-state index in [0.29, 0.717) is 28.0 Å². The Hall–Kier alpha value is -2.45. The summed E-state index contributed by atoms with van der Waals surface area (Å²) in [5.41, 5.74) is 2.03. The molecular formula is C20H19NO5S2. The summed E-state index contributed by atoms with van der Waals surface area (Å²) in [6.07, 6.45) is 1.74. The maximum absolute atomic E-state index is 13.5. The van der Waals surface area contributed by atoms with Crippen molar-refractivity contribution >= 4 is 38.7 Å². The average molecular weight is 418 g/mol. The molecule has 2 heterocycles. The fourth-order valence-corrected chi connectivity index (χ4v) is 7.08. The van der Waals surface area contributed by atoms with Gasteiger partial charge in [-0.1, -0.05) is 18.2 Å². The molecule has 0 bridgehead atoms. The lowest BCUT2D eigenvalue weighted by molar-refractivity contribution is -0.136. The van der Waals surface area contributed by atoms with Crippen LogP contribution in [0.4, 0.5) is 0 Å². The molecule has 1 unspecified atom stereocenters. The normalized spacial score (nSPS) is 16.2. The van der Waals surface area contributed by atoms with Crippen LogP contribution < -0.4 is 4.74 Å². The van der Waals surface area contributed by atoms with Gasteiger partial charge in [-0.3, -0.25) is 4.79 Å². The van der Waals surface area contributed by atoms with Gasteiger partial charge in [0.05, 0.1) is 12.6 Å². The number of hydrogen-bond acceptors (Lipinski definition) is 5. The first-order valence-corrected chi connectivity index (χ1v) is 11.3. The SMILES string of the molecule is COc1ccc2c(c1)c(CCC(=O)O)cn2S(=O)(=O)C1CSc2ccccc21. The van der Waals surface area contributed by atoms with Gasteiger partial charge in [-0.2, -0.15) is 0 Å². The summed E-state index contributed by atoms with van der Waals surface area (Å²) < 4.78 is 33.6. The predicted molar refractivity (Wildman–Crippen MR) is 109 cm³/mol.